The number of pyridine rings is 1. The summed E-state index contributed by atoms with van der Waals surface area (Å²) in [7, 11) is 0. The minimum Gasteiger partial charge on any atom is -0.309 e. The quantitative estimate of drug-likeness (QED) is 0.164. The second kappa shape index (κ2) is 14.3. The standard InChI is InChI=1S/C67H45N5/c1-4-15-40(16-5-1)44-33-45(41-17-6-2-7-18-41)35-47(34-44)69-56-23-12-10-21-48(56)54-39-61-55(38-60(54)69)49-22-11-13-24-57(49)71(61)62-25-14-26-63(68-62)72-59-32-28-43-37-53(43)65(59)51-30-29-50-64-52-36-42(52)27-31-58(64)70(66(50)67(51)72)46-19-8-3-9-20-46/h1-35,38-39,42-43,52-53H,36-37H2. The molecule has 4 atom stereocenters. The molecule has 338 valence electrons. The Labute approximate surface area is 415 Å². The second-order valence-corrected chi connectivity index (χ2v) is 20.6. The smallest absolute Gasteiger partial charge is 0.140 e. The Kier molecular flexibility index (Phi) is 7.74. The summed E-state index contributed by atoms with van der Waals surface area (Å²) in [6.45, 7) is 0. The minimum absolute atomic E-state index is 0.532. The molecule has 2 fully saturated rings. The predicted molar refractivity (Wildman–Crippen MR) is 297 cm³/mol. The SMILES string of the molecule is C1=CC2CC2c2c1n(-c1ccccc1)c1c2ccc2c3c(n(-c4cccc(-n5c6ccccc6c6cc7c(cc65)c5ccccc5n7-c5cc(-c6ccccc6)cc(-c6ccccc6)c5)n4)c21)C=CC1CC31. The average molecular weight is 920 g/mol. The Morgan fingerprint density at radius 2 is 0.819 bits per heavy atom. The highest BCUT2D eigenvalue weighted by Crippen LogP contribution is 2.59. The fourth-order valence-corrected chi connectivity index (χ4v) is 13.3. The van der Waals surface area contributed by atoms with Gasteiger partial charge in [0.05, 0.1) is 44.5 Å². The Hall–Kier alpha value is -8.93. The molecule has 0 radical (unpaired) electrons. The summed E-state index contributed by atoms with van der Waals surface area (Å²) in [5, 5.41) is 7.55. The maximum atomic E-state index is 5.80. The lowest BCUT2D eigenvalue weighted by Crippen LogP contribution is -2.06. The van der Waals surface area contributed by atoms with Gasteiger partial charge in [-0.05, 0) is 149 Å². The van der Waals surface area contributed by atoms with E-state index in [1.807, 2.05) is 0 Å². The van der Waals surface area contributed by atoms with Gasteiger partial charge in [-0.1, -0.05) is 146 Å². The van der Waals surface area contributed by atoms with Gasteiger partial charge in [0, 0.05) is 43.7 Å². The maximum absolute atomic E-state index is 5.80. The van der Waals surface area contributed by atoms with Gasteiger partial charge in [0.15, 0.2) is 0 Å². The molecule has 0 amide bonds. The van der Waals surface area contributed by atoms with Crippen molar-refractivity contribution >= 4 is 77.6 Å². The van der Waals surface area contributed by atoms with Crippen LogP contribution >= 0.6 is 0 Å². The molecule has 0 aliphatic heterocycles. The summed E-state index contributed by atoms with van der Waals surface area (Å²) >= 11 is 0. The molecule has 13 aromatic rings. The molecule has 0 saturated heterocycles. The number of fused-ring (bicyclic) bond motifs is 17. The van der Waals surface area contributed by atoms with Gasteiger partial charge < -0.3 is 9.13 Å². The Balaban J connectivity index is 0.915. The van der Waals surface area contributed by atoms with E-state index in [2.05, 4.69) is 243 Å². The van der Waals surface area contributed by atoms with Crippen molar-refractivity contribution in [1.82, 2.24) is 23.3 Å². The van der Waals surface area contributed by atoms with E-state index in [9.17, 15) is 0 Å². The zero-order valence-electron chi connectivity index (χ0n) is 39.3. The van der Waals surface area contributed by atoms with Crippen molar-refractivity contribution in [3.05, 3.63) is 235 Å². The van der Waals surface area contributed by atoms with E-state index in [1.54, 1.807) is 0 Å². The summed E-state index contributed by atoms with van der Waals surface area (Å²) in [4.78, 5) is 5.80. The topological polar surface area (TPSA) is 32.6 Å². The number of hydrogen-bond donors (Lipinski definition) is 0. The molecule has 8 aromatic carbocycles. The van der Waals surface area contributed by atoms with E-state index in [0.29, 0.717) is 23.7 Å². The van der Waals surface area contributed by atoms with Crippen molar-refractivity contribution in [3.8, 4) is 45.3 Å². The molecule has 5 aromatic heterocycles. The largest absolute Gasteiger partial charge is 0.309 e. The molecule has 5 heterocycles. The first-order valence-electron chi connectivity index (χ1n) is 25.6. The average Bonchev–Trinajstić information content (AvgIpc) is 4.28. The number of benzene rings is 8. The first-order valence-corrected chi connectivity index (χ1v) is 25.6. The van der Waals surface area contributed by atoms with Gasteiger partial charge in [-0.25, -0.2) is 4.98 Å². The van der Waals surface area contributed by atoms with Gasteiger partial charge in [-0.15, -0.1) is 0 Å². The van der Waals surface area contributed by atoms with Crippen LogP contribution in [0.2, 0.25) is 0 Å². The fourth-order valence-electron chi connectivity index (χ4n) is 13.3. The number of rotatable bonds is 6. The van der Waals surface area contributed by atoms with Gasteiger partial charge in [-0.2, -0.15) is 0 Å². The highest BCUT2D eigenvalue weighted by atomic mass is 15.2. The molecule has 2 saturated carbocycles. The van der Waals surface area contributed by atoms with Crippen molar-refractivity contribution < 1.29 is 0 Å². The molecule has 0 bridgehead atoms. The van der Waals surface area contributed by atoms with Crippen LogP contribution in [0, 0.1) is 11.8 Å². The second-order valence-electron chi connectivity index (χ2n) is 20.6. The zero-order valence-corrected chi connectivity index (χ0v) is 39.3. The molecule has 72 heavy (non-hydrogen) atoms. The number of nitrogens with zero attached hydrogens (tertiary/aromatic N) is 5. The van der Waals surface area contributed by atoms with Crippen LogP contribution in [-0.2, 0) is 0 Å². The van der Waals surface area contributed by atoms with Crippen LogP contribution in [0.1, 0.15) is 47.2 Å². The third-order valence-corrected chi connectivity index (χ3v) is 16.7. The maximum Gasteiger partial charge on any atom is 0.140 e. The third kappa shape index (κ3) is 5.40. The van der Waals surface area contributed by atoms with Crippen LogP contribution in [0.25, 0.3) is 123 Å². The molecule has 4 unspecified atom stereocenters. The fraction of sp³-hybridized carbons (Fsp3) is 0.0896. The van der Waals surface area contributed by atoms with Gasteiger partial charge in [0.25, 0.3) is 0 Å². The normalized spacial score (nSPS) is 18.3. The molecule has 4 aliphatic carbocycles. The van der Waals surface area contributed by atoms with Gasteiger partial charge in [0.2, 0.25) is 0 Å². The summed E-state index contributed by atoms with van der Waals surface area (Å²) < 4.78 is 9.98. The lowest BCUT2D eigenvalue weighted by atomic mass is 9.97. The van der Waals surface area contributed by atoms with E-state index < -0.39 is 0 Å². The van der Waals surface area contributed by atoms with E-state index in [1.165, 1.54) is 118 Å². The predicted octanol–water partition coefficient (Wildman–Crippen LogP) is 16.8. The van der Waals surface area contributed by atoms with Crippen LogP contribution in [0.5, 0.6) is 0 Å². The summed E-state index contributed by atoms with van der Waals surface area (Å²) in [5.74, 6) is 4.19. The molecular formula is C67H45N5. The number of allylic oxidation sites excluding steroid dienone is 2. The van der Waals surface area contributed by atoms with E-state index in [0.717, 1.165) is 28.4 Å². The molecule has 17 rings (SSSR count). The van der Waals surface area contributed by atoms with Crippen LogP contribution in [0.4, 0.5) is 0 Å². The molecule has 5 heteroatoms. The highest BCUT2D eigenvalue weighted by Gasteiger charge is 2.45. The molecule has 4 aliphatic rings. The van der Waals surface area contributed by atoms with Crippen molar-refractivity contribution in [2.45, 2.75) is 24.7 Å². The summed E-state index contributed by atoms with van der Waals surface area (Å²) in [6.07, 6.45) is 12.2. The van der Waals surface area contributed by atoms with Gasteiger partial charge >= 0.3 is 0 Å². The summed E-state index contributed by atoms with van der Waals surface area (Å²) in [6, 6.07) is 73.8. The monoisotopic (exact) mass is 919 g/mol. The first-order chi connectivity index (χ1) is 35.7. The van der Waals surface area contributed by atoms with Crippen LogP contribution in [-0.4, -0.2) is 23.3 Å². The lowest BCUT2D eigenvalue weighted by Gasteiger charge is -2.15. The van der Waals surface area contributed by atoms with E-state index in [-0.39, 0.29) is 0 Å². The third-order valence-electron chi connectivity index (χ3n) is 16.7. The molecule has 5 nitrogen and oxygen atoms in total. The molecule has 0 N–H and O–H groups in total. The number of hydrogen-bond acceptors (Lipinski definition) is 1. The van der Waals surface area contributed by atoms with Crippen molar-refractivity contribution in [2.75, 3.05) is 0 Å². The summed E-state index contributed by atoms with van der Waals surface area (Å²) in [5.41, 5.74) is 19.8. The molecular weight excluding hydrogens is 875 g/mol. The first kappa shape index (κ1) is 38.9. The van der Waals surface area contributed by atoms with Crippen molar-refractivity contribution in [1.29, 1.82) is 0 Å². The highest BCUT2D eigenvalue weighted by molar-refractivity contribution is 6.19. The van der Waals surface area contributed by atoms with Gasteiger partial charge in [-0.3, -0.25) is 9.13 Å². The van der Waals surface area contributed by atoms with Crippen molar-refractivity contribution in [2.24, 2.45) is 11.8 Å². The Morgan fingerprint density at radius 1 is 0.333 bits per heavy atom. The number of para-hydroxylation sites is 3. The van der Waals surface area contributed by atoms with Crippen LogP contribution < -0.4 is 0 Å². The molecule has 0 spiro atoms. The van der Waals surface area contributed by atoms with Crippen molar-refractivity contribution in [3.63, 3.8) is 0 Å². The lowest BCUT2D eigenvalue weighted by molar-refractivity contribution is 0.945. The van der Waals surface area contributed by atoms with E-state index >= 15 is 0 Å². The minimum atomic E-state index is 0.532. The zero-order chi connectivity index (χ0) is 46.8. The van der Waals surface area contributed by atoms with E-state index in [4.69, 9.17) is 4.98 Å². The van der Waals surface area contributed by atoms with Gasteiger partial charge in [0.1, 0.15) is 11.6 Å². The van der Waals surface area contributed by atoms with Crippen LogP contribution in [0.15, 0.2) is 212 Å². The Morgan fingerprint density at radius 3 is 1.42 bits per heavy atom. The van der Waals surface area contributed by atoms with Crippen LogP contribution in [0.3, 0.4) is 0 Å². The Bertz CT molecular complexity index is 4460. The number of aromatic nitrogens is 5.